The number of aromatic nitrogens is 3. The van der Waals surface area contributed by atoms with Gasteiger partial charge in [-0.1, -0.05) is 36.4 Å². The van der Waals surface area contributed by atoms with Crippen LogP contribution in [0.4, 0.5) is 0 Å². The van der Waals surface area contributed by atoms with Crippen LogP contribution in [0.25, 0.3) is 10.9 Å². The molecule has 2 aromatic carbocycles. The van der Waals surface area contributed by atoms with Crippen molar-refractivity contribution >= 4 is 26.7 Å². The van der Waals surface area contributed by atoms with E-state index < -0.39 is 26.7 Å². The Balaban J connectivity index is 1.30. The van der Waals surface area contributed by atoms with Crippen LogP contribution in [0, 0.1) is 5.21 Å². The van der Waals surface area contributed by atoms with E-state index in [2.05, 4.69) is 14.8 Å². The fourth-order valence-corrected chi connectivity index (χ4v) is 4.42. The molecule has 0 aliphatic rings. The van der Waals surface area contributed by atoms with Crippen LogP contribution < -0.4 is 9.64 Å². The third kappa shape index (κ3) is 4.77. The summed E-state index contributed by atoms with van der Waals surface area (Å²) >= 11 is 0. The molecule has 0 aliphatic heterocycles. The maximum absolute atomic E-state index is 12.7. The number of esters is 1. The number of hydrogen-bond acceptors (Lipinski definition) is 9. The molecule has 0 fully saturated rings. The van der Waals surface area contributed by atoms with Crippen LogP contribution in [0.1, 0.15) is 23.2 Å². The first kappa shape index (κ1) is 22.2. The quantitative estimate of drug-likeness (QED) is 0.206. The molecule has 0 N–H and O–H groups in total. The highest BCUT2D eigenvalue weighted by atomic mass is 32.2. The van der Waals surface area contributed by atoms with Gasteiger partial charge in [-0.3, -0.25) is 9.61 Å². The minimum Gasteiger partial charge on any atom is -0.462 e. The van der Waals surface area contributed by atoms with Gasteiger partial charge in [0.15, 0.2) is 0 Å². The average molecular weight is 469 g/mol. The maximum atomic E-state index is 12.7. The molecule has 0 saturated carbocycles. The monoisotopic (exact) mass is 469 g/mol. The largest absolute Gasteiger partial charge is 0.462 e. The standard InChI is InChI=1S/C22H19N3O7S/c26-22(18-12-13-23-19-11-5-4-10-17(18)19)31-15-7-6-14-30-20-21(25(27)32-24-20)33(28,29)16-8-2-1-3-9-16/h1-5,8-13H,6-7,14-15H2. The zero-order valence-corrected chi connectivity index (χ0v) is 18.1. The number of fused-ring (bicyclic) bond motifs is 1. The number of sulfone groups is 1. The Bertz CT molecular complexity index is 1370. The number of nitrogens with zero attached hydrogens (tertiary/aromatic N) is 3. The number of para-hydroxylation sites is 1. The summed E-state index contributed by atoms with van der Waals surface area (Å²) in [6.07, 6.45) is 2.42. The Morgan fingerprint density at radius 2 is 1.73 bits per heavy atom. The summed E-state index contributed by atoms with van der Waals surface area (Å²) < 4.78 is 40.5. The number of carbonyl (C=O) groups excluding carboxylic acids is 1. The van der Waals surface area contributed by atoms with E-state index in [9.17, 15) is 18.4 Å². The minimum absolute atomic E-state index is 0.0413. The summed E-state index contributed by atoms with van der Waals surface area (Å²) in [7, 11) is -4.17. The van der Waals surface area contributed by atoms with Crippen molar-refractivity contribution in [2.75, 3.05) is 13.2 Å². The van der Waals surface area contributed by atoms with E-state index in [4.69, 9.17) is 9.47 Å². The van der Waals surface area contributed by atoms with Crippen LogP contribution in [0.2, 0.25) is 0 Å². The molecule has 33 heavy (non-hydrogen) atoms. The molecule has 4 aromatic rings. The lowest BCUT2D eigenvalue weighted by Gasteiger charge is -2.07. The van der Waals surface area contributed by atoms with Gasteiger partial charge in [0.05, 0.1) is 34.3 Å². The van der Waals surface area contributed by atoms with Crippen molar-refractivity contribution in [1.82, 2.24) is 10.1 Å². The number of rotatable bonds is 9. The van der Waals surface area contributed by atoms with E-state index in [0.717, 1.165) is 0 Å². The molecule has 170 valence electrons. The molecule has 0 amide bonds. The first-order chi connectivity index (χ1) is 16.0. The number of pyridine rings is 1. The zero-order chi connectivity index (χ0) is 23.3. The topological polar surface area (TPSA) is 136 Å². The fraction of sp³-hybridized carbons (Fsp3) is 0.182. The van der Waals surface area contributed by atoms with Gasteiger partial charge in [-0.25, -0.2) is 13.2 Å². The van der Waals surface area contributed by atoms with Crippen molar-refractivity contribution in [3.8, 4) is 5.88 Å². The summed E-state index contributed by atoms with van der Waals surface area (Å²) in [5, 5.41) is 15.3. The second-order valence-corrected chi connectivity index (χ2v) is 8.79. The van der Waals surface area contributed by atoms with Gasteiger partial charge in [0.25, 0.3) is 9.84 Å². The smallest absolute Gasteiger partial charge is 0.414 e. The number of benzene rings is 2. The molecule has 0 bridgehead atoms. The summed E-state index contributed by atoms with van der Waals surface area (Å²) in [5.41, 5.74) is 1.13. The third-order valence-corrected chi connectivity index (χ3v) is 6.46. The lowest BCUT2D eigenvalue weighted by atomic mass is 10.1. The third-order valence-electron chi connectivity index (χ3n) is 4.73. The summed E-state index contributed by atoms with van der Waals surface area (Å²) in [5.74, 6) is -0.885. The van der Waals surface area contributed by atoms with Crippen LogP contribution in [-0.4, -0.2) is 37.7 Å². The maximum Gasteiger partial charge on any atom is 0.414 e. The molecule has 2 aromatic heterocycles. The number of unbranched alkanes of at least 4 members (excludes halogenated alkanes) is 1. The van der Waals surface area contributed by atoms with Crippen molar-refractivity contribution in [3.05, 3.63) is 77.6 Å². The normalized spacial score (nSPS) is 11.4. The average Bonchev–Trinajstić information content (AvgIpc) is 3.22. The molecule has 0 spiro atoms. The van der Waals surface area contributed by atoms with E-state index in [1.807, 2.05) is 18.2 Å². The van der Waals surface area contributed by atoms with Crippen molar-refractivity contribution in [2.45, 2.75) is 22.8 Å². The second-order valence-electron chi connectivity index (χ2n) is 6.92. The van der Waals surface area contributed by atoms with Gasteiger partial charge in [-0.15, -0.1) is 0 Å². The molecule has 11 heteroatoms. The Morgan fingerprint density at radius 1 is 1.00 bits per heavy atom. The highest BCUT2D eigenvalue weighted by molar-refractivity contribution is 7.91. The lowest BCUT2D eigenvalue weighted by Crippen LogP contribution is -2.31. The molecule has 0 unspecified atom stereocenters. The molecular weight excluding hydrogens is 450 g/mol. The highest BCUT2D eigenvalue weighted by Crippen LogP contribution is 2.25. The van der Waals surface area contributed by atoms with E-state index in [0.29, 0.717) is 29.3 Å². The van der Waals surface area contributed by atoms with Crippen LogP contribution in [0.3, 0.4) is 0 Å². The highest BCUT2D eigenvalue weighted by Gasteiger charge is 2.35. The Labute approximate surface area is 188 Å². The Hall–Kier alpha value is -3.99. The molecular formula is C22H19N3O7S. The van der Waals surface area contributed by atoms with Crippen LogP contribution >= 0.6 is 0 Å². The summed E-state index contributed by atoms with van der Waals surface area (Å²) in [4.78, 5) is 16.3. The molecule has 10 nitrogen and oxygen atoms in total. The van der Waals surface area contributed by atoms with Gasteiger partial charge < -0.3 is 14.7 Å². The minimum atomic E-state index is -4.17. The van der Waals surface area contributed by atoms with Gasteiger partial charge in [0.2, 0.25) is 0 Å². The van der Waals surface area contributed by atoms with Crippen molar-refractivity contribution < 1.29 is 32.2 Å². The lowest BCUT2D eigenvalue weighted by molar-refractivity contribution is -0.832. The van der Waals surface area contributed by atoms with Gasteiger partial charge in [0.1, 0.15) is 0 Å². The van der Waals surface area contributed by atoms with Gasteiger partial charge in [-0.2, -0.15) is 0 Å². The van der Waals surface area contributed by atoms with Gasteiger partial charge >= 0.3 is 16.9 Å². The number of carbonyl (C=O) groups is 1. The van der Waals surface area contributed by atoms with E-state index in [-0.39, 0.29) is 23.0 Å². The summed E-state index contributed by atoms with van der Waals surface area (Å²) in [6.45, 7) is 0.175. The Morgan fingerprint density at radius 3 is 2.55 bits per heavy atom. The van der Waals surface area contributed by atoms with E-state index >= 15 is 0 Å². The molecule has 0 atom stereocenters. The molecule has 0 radical (unpaired) electrons. The van der Waals surface area contributed by atoms with Crippen molar-refractivity contribution in [1.29, 1.82) is 0 Å². The van der Waals surface area contributed by atoms with E-state index in [1.165, 1.54) is 24.3 Å². The molecule has 4 rings (SSSR count). The fourth-order valence-electron chi connectivity index (χ4n) is 3.13. The molecule has 0 saturated heterocycles. The number of hydrogen-bond donors (Lipinski definition) is 0. The first-order valence-electron chi connectivity index (χ1n) is 10.0. The van der Waals surface area contributed by atoms with Gasteiger partial charge in [0, 0.05) is 11.6 Å². The van der Waals surface area contributed by atoms with E-state index in [1.54, 1.807) is 24.4 Å². The molecule has 2 heterocycles. The number of ether oxygens (including phenoxy) is 2. The Kier molecular flexibility index (Phi) is 6.50. The predicted molar refractivity (Wildman–Crippen MR) is 114 cm³/mol. The predicted octanol–water partition coefficient (Wildman–Crippen LogP) is 2.71. The van der Waals surface area contributed by atoms with Gasteiger partial charge in [-0.05, 0) is 42.0 Å². The van der Waals surface area contributed by atoms with Crippen LogP contribution in [0.15, 0.2) is 81.4 Å². The van der Waals surface area contributed by atoms with Crippen LogP contribution in [0.5, 0.6) is 5.88 Å². The SMILES string of the molecule is O=C(OCCCCOc1no[n+]([O-])c1S(=O)(=O)c1ccccc1)c1ccnc2ccccc12. The van der Waals surface area contributed by atoms with Crippen molar-refractivity contribution in [2.24, 2.45) is 0 Å². The van der Waals surface area contributed by atoms with Crippen molar-refractivity contribution in [3.63, 3.8) is 0 Å². The first-order valence-corrected chi connectivity index (χ1v) is 11.5. The van der Waals surface area contributed by atoms with Crippen LogP contribution in [-0.2, 0) is 14.6 Å². The summed E-state index contributed by atoms with van der Waals surface area (Å²) in [6, 6.07) is 16.3. The second kappa shape index (κ2) is 9.65. The zero-order valence-electron chi connectivity index (χ0n) is 17.3. The molecule has 0 aliphatic carbocycles.